The van der Waals surface area contributed by atoms with Crippen LogP contribution in [0.2, 0.25) is 18.1 Å². The number of halogens is 3. The summed E-state index contributed by atoms with van der Waals surface area (Å²) in [6.07, 6.45) is -5.73. The minimum atomic E-state index is -4.82. The van der Waals surface area contributed by atoms with Crippen molar-refractivity contribution in [2.45, 2.75) is 71.1 Å². The Labute approximate surface area is 227 Å². The summed E-state index contributed by atoms with van der Waals surface area (Å²) in [5, 5.41) is 21.1. The van der Waals surface area contributed by atoms with Gasteiger partial charge in [0.2, 0.25) is 0 Å². The van der Waals surface area contributed by atoms with Crippen LogP contribution < -0.4 is 11.2 Å². The minimum Gasteiger partial charge on any atom is -0.412 e. The average molecular weight is 560 g/mol. The van der Waals surface area contributed by atoms with E-state index in [-0.39, 0.29) is 21.9 Å². The third-order valence-corrected chi connectivity index (χ3v) is 11.5. The van der Waals surface area contributed by atoms with Crippen molar-refractivity contribution in [3.8, 4) is 12.1 Å². The van der Waals surface area contributed by atoms with Gasteiger partial charge in [0, 0.05) is 11.3 Å². The molecule has 2 rings (SSSR count). The lowest BCUT2D eigenvalue weighted by Crippen LogP contribution is -2.56. The molecule has 2 unspecified atom stereocenters. The van der Waals surface area contributed by atoms with Crippen molar-refractivity contribution < 1.29 is 27.2 Å². The van der Waals surface area contributed by atoms with Crippen molar-refractivity contribution in [3.05, 3.63) is 64.2 Å². The van der Waals surface area contributed by atoms with Gasteiger partial charge in [-0.3, -0.25) is 9.59 Å². The van der Waals surface area contributed by atoms with E-state index in [1.807, 2.05) is 39.9 Å². The number of nitrogens with zero attached hydrogens (tertiary/aromatic N) is 3. The number of hydrogen-bond donors (Lipinski definition) is 2. The lowest BCUT2D eigenvalue weighted by atomic mass is 9.99. The molecule has 0 fully saturated rings. The van der Waals surface area contributed by atoms with Crippen LogP contribution in [0, 0.1) is 29.6 Å². The molecule has 0 aliphatic rings. The summed E-state index contributed by atoms with van der Waals surface area (Å²) in [6, 6.07) is 9.86. The molecule has 0 aromatic heterocycles. The molecule has 0 spiro atoms. The van der Waals surface area contributed by atoms with Crippen LogP contribution >= 0.6 is 0 Å². The molecular formula is C27H32F3N5O3Si. The molecule has 0 saturated heterocycles. The maximum atomic E-state index is 13.8. The lowest BCUT2D eigenvalue weighted by molar-refractivity contribution is -0.138. The van der Waals surface area contributed by atoms with Gasteiger partial charge < -0.3 is 9.74 Å². The Kier molecular flexibility index (Phi) is 9.35. The summed E-state index contributed by atoms with van der Waals surface area (Å²) in [4.78, 5) is 26.6. The van der Waals surface area contributed by atoms with Gasteiger partial charge in [-0.1, -0.05) is 20.8 Å². The van der Waals surface area contributed by atoms with Gasteiger partial charge in [-0.25, -0.2) is 10.9 Å². The second kappa shape index (κ2) is 11.6. The van der Waals surface area contributed by atoms with Crippen molar-refractivity contribution in [2.75, 3.05) is 5.32 Å². The van der Waals surface area contributed by atoms with Crippen LogP contribution in [-0.2, 0) is 15.4 Å². The number of hydrazine groups is 1. The van der Waals surface area contributed by atoms with E-state index in [0.29, 0.717) is 10.6 Å². The molecule has 2 aromatic rings. The first-order chi connectivity index (χ1) is 17.9. The number of amides is 2. The van der Waals surface area contributed by atoms with Gasteiger partial charge in [0.05, 0.1) is 34.9 Å². The smallest absolute Gasteiger partial charge is 0.412 e. The monoisotopic (exact) mass is 559 g/mol. The highest BCUT2D eigenvalue weighted by molar-refractivity contribution is 6.74. The van der Waals surface area contributed by atoms with E-state index >= 15 is 0 Å². The maximum absolute atomic E-state index is 13.8. The number of benzene rings is 2. The number of hydrogen-bond acceptors (Lipinski definition) is 7. The van der Waals surface area contributed by atoms with Gasteiger partial charge in [-0.15, -0.1) is 0 Å². The zero-order valence-electron chi connectivity index (χ0n) is 22.9. The Bertz CT molecular complexity index is 1320. The predicted molar refractivity (Wildman–Crippen MR) is 143 cm³/mol. The number of nitrogens with one attached hydrogen (secondary N) is 1. The summed E-state index contributed by atoms with van der Waals surface area (Å²) < 4.78 is 47.8. The van der Waals surface area contributed by atoms with Crippen molar-refractivity contribution in [3.63, 3.8) is 0 Å². The molecule has 208 valence electrons. The summed E-state index contributed by atoms with van der Waals surface area (Å²) in [6.45, 7) is 12.6. The van der Waals surface area contributed by atoms with Gasteiger partial charge in [0.15, 0.2) is 8.32 Å². The van der Waals surface area contributed by atoms with E-state index < -0.39 is 49.6 Å². The number of carbonyl (C=O) groups is 2. The molecule has 8 nitrogen and oxygen atoms in total. The van der Waals surface area contributed by atoms with E-state index in [0.717, 1.165) is 6.07 Å². The summed E-state index contributed by atoms with van der Waals surface area (Å²) >= 11 is 0. The molecule has 0 aliphatic heterocycles. The molecule has 2 atom stereocenters. The summed E-state index contributed by atoms with van der Waals surface area (Å²) in [5.41, 5.74) is -1.71. The molecule has 0 bridgehead atoms. The van der Waals surface area contributed by atoms with E-state index in [4.69, 9.17) is 15.5 Å². The fourth-order valence-electron chi connectivity index (χ4n) is 3.66. The van der Waals surface area contributed by atoms with Crippen molar-refractivity contribution in [1.82, 2.24) is 5.01 Å². The molecule has 12 heteroatoms. The normalized spacial score (nSPS) is 13.6. The highest BCUT2D eigenvalue weighted by Crippen LogP contribution is 2.39. The molecule has 0 aliphatic carbocycles. The Morgan fingerprint density at radius 3 is 2.08 bits per heavy atom. The summed E-state index contributed by atoms with van der Waals surface area (Å²) in [7, 11) is -2.49. The molecule has 2 amide bonds. The van der Waals surface area contributed by atoms with E-state index in [2.05, 4.69) is 5.32 Å². The van der Waals surface area contributed by atoms with Crippen LogP contribution in [0.3, 0.4) is 0 Å². The predicted octanol–water partition coefficient (Wildman–Crippen LogP) is 5.49. The van der Waals surface area contributed by atoms with Gasteiger partial charge in [-0.05, 0) is 73.9 Å². The highest BCUT2D eigenvalue weighted by Gasteiger charge is 2.43. The van der Waals surface area contributed by atoms with E-state index in [1.165, 1.54) is 37.3 Å². The molecule has 39 heavy (non-hydrogen) atoms. The fraction of sp³-hybridized carbons (Fsp3) is 0.407. The Balaban J connectivity index is 2.55. The molecular weight excluding hydrogens is 527 g/mol. The van der Waals surface area contributed by atoms with Crippen LogP contribution in [0.5, 0.6) is 0 Å². The quantitative estimate of drug-likeness (QED) is 0.198. The second-order valence-electron chi connectivity index (χ2n) is 10.7. The van der Waals surface area contributed by atoms with Gasteiger partial charge in [0.1, 0.15) is 6.04 Å². The van der Waals surface area contributed by atoms with Gasteiger partial charge in [0.25, 0.3) is 11.8 Å². The number of nitriles is 2. The highest BCUT2D eigenvalue weighted by atomic mass is 28.4. The second-order valence-corrected chi connectivity index (χ2v) is 15.4. The fourth-order valence-corrected chi connectivity index (χ4v) is 5.08. The zero-order valence-corrected chi connectivity index (χ0v) is 23.9. The SMILES string of the molecule is Cc1c(NC(C(=O)N(N)C(=O)c2ccc(C#N)cc2)C(C)O[Si](C)(C)C(C)(C)C)ccc(C#N)c1C(F)(F)F. The minimum absolute atomic E-state index is 0.0375. The molecule has 2 aromatic carbocycles. The van der Waals surface area contributed by atoms with Crippen LogP contribution in [0.25, 0.3) is 0 Å². The first-order valence-electron chi connectivity index (χ1n) is 12.0. The van der Waals surface area contributed by atoms with E-state index in [1.54, 1.807) is 13.0 Å². The van der Waals surface area contributed by atoms with Crippen LogP contribution in [0.15, 0.2) is 36.4 Å². The number of nitrogens with two attached hydrogens (primary N) is 1. The standard InChI is InChI=1S/C27H32F3N5O3Si/c1-16-21(13-12-20(15-32)22(16)27(28,29)30)34-23(17(2)38-39(6,7)26(3,4)5)25(37)35(33)24(36)19-10-8-18(14-31)9-11-19/h8-13,17,23,34H,33H2,1-7H3. The molecule has 0 radical (unpaired) electrons. The van der Waals surface area contributed by atoms with Crippen LogP contribution in [0.1, 0.15) is 60.3 Å². The number of imide groups is 1. The molecule has 3 N–H and O–H groups in total. The zero-order chi connectivity index (χ0) is 29.9. The number of anilines is 1. The van der Waals surface area contributed by atoms with E-state index in [9.17, 15) is 28.0 Å². The largest absolute Gasteiger partial charge is 0.418 e. The van der Waals surface area contributed by atoms with Crippen molar-refractivity contribution >= 4 is 25.8 Å². The number of alkyl halides is 3. The topological polar surface area (TPSA) is 132 Å². The van der Waals surface area contributed by atoms with Crippen LogP contribution in [-0.4, -0.2) is 37.3 Å². The third kappa shape index (κ3) is 7.03. The average Bonchev–Trinajstić information content (AvgIpc) is 2.84. The number of carbonyl (C=O) groups excluding carboxylic acids is 2. The molecule has 0 saturated carbocycles. The molecule has 0 heterocycles. The van der Waals surface area contributed by atoms with Crippen molar-refractivity contribution in [2.24, 2.45) is 5.84 Å². The van der Waals surface area contributed by atoms with Gasteiger partial charge in [-0.2, -0.15) is 23.7 Å². The third-order valence-electron chi connectivity index (χ3n) is 6.92. The van der Waals surface area contributed by atoms with Crippen LogP contribution in [0.4, 0.5) is 18.9 Å². The van der Waals surface area contributed by atoms with Gasteiger partial charge >= 0.3 is 6.18 Å². The lowest BCUT2D eigenvalue weighted by Gasteiger charge is -2.40. The first kappa shape index (κ1) is 31.5. The summed E-state index contributed by atoms with van der Waals surface area (Å²) in [5.74, 6) is 4.14. The first-order valence-corrected chi connectivity index (χ1v) is 14.9. The Hall–Kier alpha value is -3.71. The maximum Gasteiger partial charge on any atom is 0.418 e. The van der Waals surface area contributed by atoms with Crippen molar-refractivity contribution in [1.29, 1.82) is 10.5 Å². The number of rotatable bonds is 7. The Morgan fingerprint density at radius 2 is 1.62 bits per heavy atom. The Morgan fingerprint density at radius 1 is 1.05 bits per heavy atom.